The molecule has 2 aliphatic rings. The topological polar surface area (TPSA) is 37.4 Å². The van der Waals surface area contributed by atoms with Crippen LogP contribution in [0.2, 0.25) is 0 Å². The number of Topliss-reactive ketones (excluding diaryl/α,β-unsaturated/α-hetero) is 1. The molecule has 0 saturated heterocycles. The van der Waals surface area contributed by atoms with E-state index in [-0.39, 0.29) is 23.5 Å². The molecule has 0 N–H and O–H groups in total. The molecule has 0 spiro atoms. The van der Waals surface area contributed by atoms with Crippen molar-refractivity contribution in [2.75, 3.05) is 4.90 Å². The number of thiophene rings is 1. The van der Waals surface area contributed by atoms with E-state index in [0.29, 0.717) is 19.3 Å². The van der Waals surface area contributed by atoms with Crippen LogP contribution in [0.15, 0.2) is 77.3 Å². The molecule has 4 heteroatoms. The summed E-state index contributed by atoms with van der Waals surface area (Å²) in [7, 11) is 0. The van der Waals surface area contributed by atoms with E-state index in [2.05, 4.69) is 36.4 Å². The predicted molar refractivity (Wildman–Crippen MR) is 126 cm³/mol. The van der Waals surface area contributed by atoms with Crippen LogP contribution in [0.5, 0.6) is 0 Å². The fraction of sp³-hybridized carbons (Fsp3) is 0.259. The van der Waals surface area contributed by atoms with Gasteiger partial charge in [0.15, 0.2) is 5.78 Å². The van der Waals surface area contributed by atoms with Crippen LogP contribution in [0.25, 0.3) is 0 Å². The number of ketones is 1. The largest absolute Gasteiger partial charge is 0.294 e. The molecule has 1 aliphatic carbocycles. The van der Waals surface area contributed by atoms with Gasteiger partial charge in [0.1, 0.15) is 0 Å². The van der Waals surface area contributed by atoms with Crippen LogP contribution in [-0.2, 0) is 9.59 Å². The third kappa shape index (κ3) is 3.55. The van der Waals surface area contributed by atoms with E-state index in [9.17, 15) is 9.59 Å². The summed E-state index contributed by atoms with van der Waals surface area (Å²) in [4.78, 5) is 30.1. The minimum atomic E-state index is -0.131. The first kappa shape index (κ1) is 20.0. The summed E-state index contributed by atoms with van der Waals surface area (Å²) >= 11 is 1.63. The van der Waals surface area contributed by atoms with Crippen LogP contribution in [0, 0.1) is 13.8 Å². The van der Waals surface area contributed by atoms with Gasteiger partial charge in [0.2, 0.25) is 5.91 Å². The molecule has 1 aliphatic heterocycles. The van der Waals surface area contributed by atoms with Crippen molar-refractivity contribution in [2.45, 2.75) is 44.9 Å². The molecule has 0 bridgehead atoms. The molecular formula is C27H25NO2S. The maximum absolute atomic E-state index is 13.6. The average molecular weight is 428 g/mol. The van der Waals surface area contributed by atoms with E-state index in [1.54, 1.807) is 11.3 Å². The highest BCUT2D eigenvalue weighted by Crippen LogP contribution is 2.48. The van der Waals surface area contributed by atoms with Crippen LogP contribution >= 0.6 is 11.3 Å². The Balaban J connectivity index is 1.68. The fourth-order valence-electron chi connectivity index (χ4n) is 4.97. The van der Waals surface area contributed by atoms with Gasteiger partial charge in [-0.25, -0.2) is 0 Å². The van der Waals surface area contributed by atoms with Gasteiger partial charge in [0.25, 0.3) is 0 Å². The number of rotatable bonds is 3. The van der Waals surface area contributed by atoms with Crippen LogP contribution in [0.3, 0.4) is 0 Å². The van der Waals surface area contributed by atoms with Gasteiger partial charge in [-0.1, -0.05) is 48.5 Å². The number of benzene rings is 2. The van der Waals surface area contributed by atoms with E-state index in [1.165, 1.54) is 0 Å². The Kier molecular flexibility index (Phi) is 5.11. The van der Waals surface area contributed by atoms with E-state index in [0.717, 1.165) is 38.5 Å². The van der Waals surface area contributed by atoms with Gasteiger partial charge in [0, 0.05) is 34.9 Å². The lowest BCUT2D eigenvalue weighted by atomic mass is 9.74. The fourth-order valence-corrected chi connectivity index (χ4v) is 5.81. The van der Waals surface area contributed by atoms with Crippen molar-refractivity contribution in [3.63, 3.8) is 0 Å². The highest BCUT2D eigenvalue weighted by molar-refractivity contribution is 7.10. The van der Waals surface area contributed by atoms with Crippen LogP contribution in [-0.4, -0.2) is 11.7 Å². The van der Waals surface area contributed by atoms with E-state index >= 15 is 0 Å². The zero-order chi connectivity index (χ0) is 21.5. The third-order valence-corrected chi connectivity index (χ3v) is 7.48. The molecular weight excluding hydrogens is 402 g/mol. The van der Waals surface area contributed by atoms with E-state index in [4.69, 9.17) is 0 Å². The number of carbonyl (C=O) groups excluding carboxylic acids is 2. The Bertz CT molecular complexity index is 1180. The van der Waals surface area contributed by atoms with Gasteiger partial charge in [-0.3, -0.25) is 14.5 Å². The highest BCUT2D eigenvalue weighted by Gasteiger charge is 2.43. The maximum atomic E-state index is 13.6. The Labute approximate surface area is 187 Å². The molecule has 5 rings (SSSR count). The smallest absolute Gasteiger partial charge is 0.232 e. The molecule has 1 amide bonds. The van der Waals surface area contributed by atoms with Crippen molar-refractivity contribution >= 4 is 28.7 Å². The summed E-state index contributed by atoms with van der Waals surface area (Å²) in [6.45, 7) is 4.08. The van der Waals surface area contributed by atoms with Crippen molar-refractivity contribution in [2.24, 2.45) is 0 Å². The standard InChI is InChI=1S/C27H25NO2S/c1-17-10-11-18(2)22(13-17)28-23-14-20(19-7-4-3-5-8-19)15-24(29)27(23)21(16-26(28)30)25-9-6-12-31-25/h3-13,20-21H,14-16H2,1-2H3. The van der Waals surface area contributed by atoms with Crippen molar-refractivity contribution in [1.82, 2.24) is 0 Å². The zero-order valence-electron chi connectivity index (χ0n) is 17.8. The number of nitrogens with zero attached hydrogens (tertiary/aromatic N) is 1. The molecule has 2 unspecified atom stereocenters. The molecule has 156 valence electrons. The lowest BCUT2D eigenvalue weighted by Crippen LogP contribution is -2.42. The van der Waals surface area contributed by atoms with Crippen molar-refractivity contribution in [3.05, 3.63) is 98.9 Å². The molecule has 2 heterocycles. The number of aryl methyl sites for hydroxylation is 2. The van der Waals surface area contributed by atoms with Gasteiger partial charge in [-0.2, -0.15) is 0 Å². The Morgan fingerprint density at radius 3 is 2.45 bits per heavy atom. The second-order valence-corrected chi connectivity index (χ2v) is 9.57. The molecule has 0 radical (unpaired) electrons. The predicted octanol–water partition coefficient (Wildman–Crippen LogP) is 6.29. The maximum Gasteiger partial charge on any atom is 0.232 e. The van der Waals surface area contributed by atoms with Gasteiger partial charge in [0.05, 0.1) is 5.69 Å². The quantitative estimate of drug-likeness (QED) is 0.493. The van der Waals surface area contributed by atoms with Gasteiger partial charge in [-0.15, -0.1) is 11.3 Å². The average Bonchev–Trinajstić information content (AvgIpc) is 3.30. The number of carbonyl (C=O) groups is 2. The molecule has 2 aromatic carbocycles. The molecule has 1 aromatic heterocycles. The second kappa shape index (κ2) is 7.93. The molecule has 0 fully saturated rings. The number of allylic oxidation sites excluding steroid dienone is 2. The summed E-state index contributed by atoms with van der Waals surface area (Å²) in [5.74, 6) is 0.215. The molecule has 3 nitrogen and oxygen atoms in total. The van der Waals surface area contributed by atoms with Crippen molar-refractivity contribution in [3.8, 4) is 0 Å². The van der Waals surface area contributed by atoms with E-state index < -0.39 is 0 Å². The minimum Gasteiger partial charge on any atom is -0.294 e. The van der Waals surface area contributed by atoms with Gasteiger partial charge in [-0.05, 0) is 60.4 Å². The van der Waals surface area contributed by atoms with Crippen LogP contribution < -0.4 is 4.90 Å². The van der Waals surface area contributed by atoms with Crippen LogP contribution in [0.4, 0.5) is 5.69 Å². The Morgan fingerprint density at radius 2 is 1.71 bits per heavy atom. The monoisotopic (exact) mass is 427 g/mol. The SMILES string of the molecule is Cc1ccc(C)c(N2C(=O)CC(c3cccs3)C3=C2CC(c2ccccc2)CC3=O)c1. The molecule has 31 heavy (non-hydrogen) atoms. The first-order valence-electron chi connectivity index (χ1n) is 10.8. The summed E-state index contributed by atoms with van der Waals surface area (Å²) in [6, 6.07) is 20.5. The van der Waals surface area contributed by atoms with E-state index in [1.807, 2.05) is 48.4 Å². The number of hydrogen-bond acceptors (Lipinski definition) is 3. The van der Waals surface area contributed by atoms with Crippen LogP contribution in [0.1, 0.15) is 52.7 Å². The molecule has 0 saturated carbocycles. The number of amides is 1. The first-order chi connectivity index (χ1) is 15.0. The second-order valence-electron chi connectivity index (χ2n) is 8.59. The van der Waals surface area contributed by atoms with Crippen molar-refractivity contribution < 1.29 is 9.59 Å². The van der Waals surface area contributed by atoms with Gasteiger partial charge < -0.3 is 0 Å². The third-order valence-electron chi connectivity index (χ3n) is 6.49. The lowest BCUT2D eigenvalue weighted by molar-refractivity contribution is -0.120. The number of anilines is 1. The lowest BCUT2D eigenvalue weighted by Gasteiger charge is -2.40. The van der Waals surface area contributed by atoms with Gasteiger partial charge >= 0.3 is 0 Å². The summed E-state index contributed by atoms with van der Waals surface area (Å²) in [5, 5.41) is 2.02. The number of hydrogen-bond donors (Lipinski definition) is 0. The molecule has 3 aromatic rings. The minimum absolute atomic E-state index is 0.0763. The Morgan fingerprint density at radius 1 is 0.903 bits per heavy atom. The first-order valence-corrected chi connectivity index (χ1v) is 11.7. The Hall–Kier alpha value is -2.98. The summed E-state index contributed by atoms with van der Waals surface area (Å²) in [5.41, 5.74) is 5.97. The highest BCUT2D eigenvalue weighted by atomic mass is 32.1. The molecule has 2 atom stereocenters. The zero-order valence-corrected chi connectivity index (χ0v) is 18.6. The summed E-state index contributed by atoms with van der Waals surface area (Å²) < 4.78 is 0. The van der Waals surface area contributed by atoms with Crippen molar-refractivity contribution in [1.29, 1.82) is 0 Å². The summed E-state index contributed by atoms with van der Waals surface area (Å²) in [6.07, 6.45) is 1.54. The normalized spacial score (nSPS) is 21.4.